The van der Waals surface area contributed by atoms with Gasteiger partial charge in [-0.05, 0) is 37.3 Å². The molecule has 1 aliphatic heterocycles. The second-order valence-electron chi connectivity index (χ2n) is 6.77. The summed E-state index contributed by atoms with van der Waals surface area (Å²) in [5.41, 5.74) is 2.84. The monoisotopic (exact) mass is 371 g/mol. The van der Waals surface area contributed by atoms with E-state index >= 15 is 0 Å². The van der Waals surface area contributed by atoms with E-state index in [1.54, 1.807) is 6.07 Å². The number of pyridine rings is 1. The number of aryl methyl sites for hydroxylation is 2. The lowest BCUT2D eigenvalue weighted by Crippen LogP contribution is -2.39. The van der Waals surface area contributed by atoms with Crippen LogP contribution in [0.2, 0.25) is 0 Å². The second kappa shape index (κ2) is 7.13. The minimum Gasteiger partial charge on any atom is -0.481 e. The fourth-order valence-corrected chi connectivity index (χ4v) is 3.56. The molecule has 26 heavy (non-hydrogen) atoms. The van der Waals surface area contributed by atoms with E-state index in [1.807, 2.05) is 6.07 Å². The molecule has 2 atom stereocenters. The Morgan fingerprint density at radius 2 is 1.96 bits per heavy atom. The van der Waals surface area contributed by atoms with Gasteiger partial charge in [-0.2, -0.15) is 13.2 Å². The highest BCUT2D eigenvalue weighted by molar-refractivity contribution is 5.77. The third kappa shape index (κ3) is 3.91. The standard InChI is InChI=1S/C17H20F3N3O3/c18-17(19,20)13-9-23(8-12(13)15(24)25)16(26)21-7-11-6-5-10-3-1-2-4-14(10)22-11/h5-6,12-13H,1-4,7-9H2,(H,21,26)(H,24,25)/t12-,13-/m1/s1. The molecule has 0 unspecified atom stereocenters. The summed E-state index contributed by atoms with van der Waals surface area (Å²) in [6.45, 7) is -1.01. The smallest absolute Gasteiger partial charge is 0.394 e. The van der Waals surface area contributed by atoms with Crippen molar-refractivity contribution < 1.29 is 27.9 Å². The summed E-state index contributed by atoms with van der Waals surface area (Å²) in [6, 6.07) is 3.06. The van der Waals surface area contributed by atoms with Crippen LogP contribution in [0.3, 0.4) is 0 Å². The second-order valence-corrected chi connectivity index (χ2v) is 6.77. The predicted octanol–water partition coefficient (Wildman–Crippen LogP) is 2.36. The van der Waals surface area contributed by atoms with E-state index in [9.17, 15) is 22.8 Å². The van der Waals surface area contributed by atoms with Crippen LogP contribution in [-0.2, 0) is 24.2 Å². The van der Waals surface area contributed by atoms with Gasteiger partial charge >= 0.3 is 18.2 Å². The van der Waals surface area contributed by atoms with Crippen LogP contribution in [0.4, 0.5) is 18.0 Å². The molecule has 2 heterocycles. The summed E-state index contributed by atoms with van der Waals surface area (Å²) in [7, 11) is 0. The lowest BCUT2D eigenvalue weighted by atomic mass is 9.96. The molecule has 3 rings (SSSR count). The fourth-order valence-electron chi connectivity index (χ4n) is 3.56. The molecule has 0 radical (unpaired) electrons. The van der Waals surface area contributed by atoms with Crippen LogP contribution < -0.4 is 5.32 Å². The number of nitrogens with one attached hydrogen (secondary N) is 1. The molecule has 0 aromatic carbocycles. The molecular weight excluding hydrogens is 351 g/mol. The highest BCUT2D eigenvalue weighted by Gasteiger charge is 2.53. The first-order valence-corrected chi connectivity index (χ1v) is 8.55. The normalized spacial score (nSPS) is 22.8. The highest BCUT2D eigenvalue weighted by Crippen LogP contribution is 2.37. The van der Waals surface area contributed by atoms with Crippen molar-refractivity contribution in [3.63, 3.8) is 0 Å². The molecule has 9 heteroatoms. The van der Waals surface area contributed by atoms with Crippen LogP contribution in [0, 0.1) is 11.8 Å². The maximum absolute atomic E-state index is 13.0. The molecule has 1 aromatic rings. The van der Waals surface area contributed by atoms with Crippen LogP contribution >= 0.6 is 0 Å². The number of carboxylic acid groups (broad SMARTS) is 1. The summed E-state index contributed by atoms with van der Waals surface area (Å²) < 4.78 is 39.0. The lowest BCUT2D eigenvalue weighted by Gasteiger charge is -2.19. The summed E-state index contributed by atoms with van der Waals surface area (Å²) in [5.74, 6) is -5.23. The van der Waals surface area contributed by atoms with Crippen LogP contribution in [0.5, 0.6) is 0 Å². The minimum atomic E-state index is -4.65. The van der Waals surface area contributed by atoms with Crippen molar-refractivity contribution in [2.75, 3.05) is 13.1 Å². The topological polar surface area (TPSA) is 82.5 Å². The third-order valence-electron chi connectivity index (χ3n) is 5.00. The molecule has 1 fully saturated rings. The van der Waals surface area contributed by atoms with Gasteiger partial charge in [0, 0.05) is 18.8 Å². The molecule has 2 N–H and O–H groups in total. The largest absolute Gasteiger partial charge is 0.481 e. The summed E-state index contributed by atoms with van der Waals surface area (Å²) >= 11 is 0. The van der Waals surface area contributed by atoms with E-state index in [0.717, 1.165) is 36.3 Å². The Labute approximate surface area is 148 Å². The molecular formula is C17H20F3N3O3. The Kier molecular flexibility index (Phi) is 5.06. The first-order valence-electron chi connectivity index (χ1n) is 8.55. The molecule has 0 bridgehead atoms. The number of carbonyl (C=O) groups excluding carboxylic acids is 1. The molecule has 1 aromatic heterocycles. The third-order valence-corrected chi connectivity index (χ3v) is 5.00. The van der Waals surface area contributed by atoms with E-state index in [-0.39, 0.29) is 6.54 Å². The van der Waals surface area contributed by atoms with Gasteiger partial charge < -0.3 is 15.3 Å². The average molecular weight is 371 g/mol. The Morgan fingerprint density at radius 3 is 2.62 bits per heavy atom. The van der Waals surface area contributed by atoms with E-state index < -0.39 is 43.1 Å². The molecule has 0 saturated carbocycles. The van der Waals surface area contributed by atoms with E-state index in [2.05, 4.69) is 10.3 Å². The zero-order valence-corrected chi connectivity index (χ0v) is 14.1. The molecule has 2 amide bonds. The fraction of sp³-hybridized carbons (Fsp3) is 0.588. The van der Waals surface area contributed by atoms with Crippen molar-refractivity contribution in [3.05, 3.63) is 29.1 Å². The van der Waals surface area contributed by atoms with Crippen LogP contribution in [0.25, 0.3) is 0 Å². The van der Waals surface area contributed by atoms with Gasteiger partial charge in [0.05, 0.1) is 24.1 Å². The van der Waals surface area contributed by atoms with Crippen molar-refractivity contribution in [1.29, 1.82) is 0 Å². The average Bonchev–Trinajstić information content (AvgIpc) is 3.05. The zero-order valence-electron chi connectivity index (χ0n) is 14.1. The Bertz CT molecular complexity index is 708. The number of aliphatic carboxylic acids is 1. The Balaban J connectivity index is 1.61. The van der Waals surface area contributed by atoms with Crippen molar-refractivity contribution in [2.45, 2.75) is 38.4 Å². The van der Waals surface area contributed by atoms with Gasteiger partial charge in [-0.1, -0.05) is 6.07 Å². The Hall–Kier alpha value is -2.32. The maximum Gasteiger partial charge on any atom is 0.394 e. The highest BCUT2D eigenvalue weighted by atomic mass is 19.4. The van der Waals surface area contributed by atoms with Gasteiger partial charge in [0.2, 0.25) is 0 Å². The Morgan fingerprint density at radius 1 is 1.23 bits per heavy atom. The number of alkyl halides is 3. The van der Waals surface area contributed by atoms with Gasteiger partial charge in [-0.15, -0.1) is 0 Å². The zero-order chi connectivity index (χ0) is 18.9. The number of hydrogen-bond donors (Lipinski definition) is 2. The quantitative estimate of drug-likeness (QED) is 0.855. The van der Waals surface area contributed by atoms with Crippen LogP contribution in [-0.4, -0.2) is 46.3 Å². The first-order chi connectivity index (χ1) is 12.3. The summed E-state index contributed by atoms with van der Waals surface area (Å²) in [4.78, 5) is 28.7. The van der Waals surface area contributed by atoms with Gasteiger partial charge in [0.25, 0.3) is 0 Å². The predicted molar refractivity (Wildman–Crippen MR) is 85.4 cm³/mol. The number of amides is 2. The number of carbonyl (C=O) groups is 2. The van der Waals surface area contributed by atoms with E-state index in [0.29, 0.717) is 5.69 Å². The first kappa shape index (κ1) is 18.5. The molecule has 1 aliphatic carbocycles. The van der Waals surface area contributed by atoms with Crippen LogP contribution in [0.15, 0.2) is 12.1 Å². The van der Waals surface area contributed by atoms with Gasteiger partial charge in [-0.3, -0.25) is 9.78 Å². The molecule has 6 nitrogen and oxygen atoms in total. The number of hydrogen-bond acceptors (Lipinski definition) is 3. The van der Waals surface area contributed by atoms with Crippen molar-refractivity contribution in [3.8, 4) is 0 Å². The number of urea groups is 1. The molecule has 0 spiro atoms. The van der Waals surface area contributed by atoms with Gasteiger partial charge in [0.15, 0.2) is 0 Å². The van der Waals surface area contributed by atoms with E-state index in [4.69, 9.17) is 5.11 Å². The van der Waals surface area contributed by atoms with Gasteiger partial charge in [-0.25, -0.2) is 4.79 Å². The number of carboxylic acids is 1. The van der Waals surface area contributed by atoms with Crippen molar-refractivity contribution in [2.24, 2.45) is 11.8 Å². The molecule has 2 aliphatic rings. The summed E-state index contributed by atoms with van der Waals surface area (Å²) in [5, 5.41) is 11.5. The SMILES string of the molecule is O=C(O)[C@@H]1CN(C(=O)NCc2ccc3c(n2)CCCC3)C[C@H]1C(F)(F)F. The number of halogens is 3. The van der Waals surface area contributed by atoms with Gasteiger partial charge in [0.1, 0.15) is 0 Å². The van der Waals surface area contributed by atoms with E-state index in [1.165, 1.54) is 5.56 Å². The number of aromatic nitrogens is 1. The number of likely N-dealkylation sites (tertiary alicyclic amines) is 1. The number of rotatable bonds is 3. The maximum atomic E-state index is 13.0. The molecule has 142 valence electrons. The molecule has 1 saturated heterocycles. The summed E-state index contributed by atoms with van der Waals surface area (Å²) in [6.07, 6.45) is -0.586. The number of nitrogens with zero attached hydrogens (tertiary/aromatic N) is 2. The van der Waals surface area contributed by atoms with Crippen molar-refractivity contribution in [1.82, 2.24) is 15.2 Å². The lowest BCUT2D eigenvalue weighted by molar-refractivity contribution is -0.187. The van der Waals surface area contributed by atoms with Crippen LogP contribution in [0.1, 0.15) is 29.8 Å². The minimum absolute atomic E-state index is 0.0943. The van der Waals surface area contributed by atoms with Crippen molar-refractivity contribution >= 4 is 12.0 Å². The number of fused-ring (bicyclic) bond motifs is 1.